The summed E-state index contributed by atoms with van der Waals surface area (Å²) in [5.74, 6) is 0.387. The summed E-state index contributed by atoms with van der Waals surface area (Å²) in [7, 11) is -4.41. The molecule has 0 amide bonds. The molecular weight excluding hydrogens is 473 g/mol. The number of nitriles is 1. The van der Waals surface area contributed by atoms with Gasteiger partial charge in [0.15, 0.2) is 17.3 Å². The van der Waals surface area contributed by atoms with E-state index in [1.54, 1.807) is 10.6 Å². The van der Waals surface area contributed by atoms with Crippen molar-refractivity contribution in [3.05, 3.63) is 54.1 Å². The number of hydrogen-bond acceptors (Lipinski definition) is 9. The Hall–Kier alpha value is -3.28. The first-order valence-electron chi connectivity index (χ1n) is 9.63. The second kappa shape index (κ2) is 10.8. The van der Waals surface area contributed by atoms with Gasteiger partial charge in [0.25, 0.3) is 0 Å². The number of benzene rings is 2. The monoisotopic (exact) mass is 491 g/mol. The number of imidazole rings is 1. The van der Waals surface area contributed by atoms with E-state index in [-0.39, 0.29) is 55.4 Å². The van der Waals surface area contributed by atoms with Crippen LogP contribution in [0.3, 0.4) is 0 Å². The first-order chi connectivity index (χ1) is 15.9. The van der Waals surface area contributed by atoms with Crippen molar-refractivity contribution >= 4 is 38.6 Å². The molecule has 4 aromatic rings. The van der Waals surface area contributed by atoms with Crippen LogP contribution in [0.15, 0.2) is 53.2 Å². The van der Waals surface area contributed by atoms with E-state index in [1.807, 2.05) is 29.0 Å². The molecule has 0 saturated carbocycles. The molecule has 0 atom stereocenters. The van der Waals surface area contributed by atoms with Crippen LogP contribution in [0.5, 0.6) is 0 Å². The van der Waals surface area contributed by atoms with Crippen molar-refractivity contribution in [2.24, 2.45) is 0 Å². The zero-order valence-corrected chi connectivity index (χ0v) is 20.8. The number of carbonyl (C=O) groups is 1. The van der Waals surface area contributed by atoms with Crippen molar-refractivity contribution in [2.45, 2.75) is 13.0 Å². The molecule has 0 fully saturated rings. The molecule has 0 saturated heterocycles. The van der Waals surface area contributed by atoms with Gasteiger partial charge in [-0.15, -0.1) is 0 Å². The maximum atomic E-state index is 13.0. The molecular formula is C20H18N7NaO5S. The van der Waals surface area contributed by atoms with Gasteiger partial charge in [-0.2, -0.15) is 13.7 Å². The minimum Gasteiger partial charge on any atom is -1.00 e. The molecule has 0 aliphatic carbocycles. The Morgan fingerprint density at radius 2 is 1.91 bits per heavy atom. The first kappa shape index (κ1) is 25.3. The average molecular weight is 491 g/mol. The van der Waals surface area contributed by atoms with Crippen LogP contribution in [0.2, 0.25) is 0 Å². The maximum absolute atomic E-state index is 13.0. The summed E-state index contributed by atoms with van der Waals surface area (Å²) in [6.45, 7) is 0.242. The van der Waals surface area contributed by atoms with Crippen molar-refractivity contribution in [1.29, 1.82) is 5.26 Å². The van der Waals surface area contributed by atoms with E-state index in [2.05, 4.69) is 20.6 Å². The van der Waals surface area contributed by atoms with Crippen molar-refractivity contribution in [2.75, 3.05) is 16.6 Å². The summed E-state index contributed by atoms with van der Waals surface area (Å²) in [6.07, 6.45) is 0.254. The van der Waals surface area contributed by atoms with E-state index in [1.165, 1.54) is 24.3 Å². The predicted octanol–water partition coefficient (Wildman–Crippen LogP) is -0.374. The largest absolute Gasteiger partial charge is 1.00 e. The molecule has 14 heteroatoms. The van der Waals surface area contributed by atoms with Crippen molar-refractivity contribution < 1.29 is 53.4 Å². The Morgan fingerprint density at radius 1 is 1.18 bits per heavy atom. The van der Waals surface area contributed by atoms with Crippen molar-refractivity contribution in [3.8, 4) is 17.6 Å². The van der Waals surface area contributed by atoms with Gasteiger partial charge < -0.3 is 11.3 Å². The van der Waals surface area contributed by atoms with E-state index < -0.39 is 10.3 Å². The Bertz CT molecular complexity index is 1470. The summed E-state index contributed by atoms with van der Waals surface area (Å²) in [4.78, 5) is 17.6. The second-order valence-electron chi connectivity index (χ2n) is 6.88. The van der Waals surface area contributed by atoms with Gasteiger partial charge in [-0.1, -0.05) is 12.1 Å². The van der Waals surface area contributed by atoms with Gasteiger partial charge in [-0.3, -0.25) is 14.1 Å². The molecule has 12 nitrogen and oxygen atoms in total. The molecule has 0 aliphatic rings. The van der Waals surface area contributed by atoms with E-state index in [4.69, 9.17) is 14.4 Å². The number of nitrogens with zero attached hydrogens (tertiary/aromatic N) is 5. The first-order valence-corrected chi connectivity index (χ1v) is 11.1. The zero-order chi connectivity index (χ0) is 23.4. The Labute approximate surface area is 217 Å². The predicted molar refractivity (Wildman–Crippen MR) is 119 cm³/mol. The van der Waals surface area contributed by atoms with Crippen LogP contribution < -0.4 is 39.6 Å². The summed E-state index contributed by atoms with van der Waals surface area (Å²) in [5.41, 5.74) is 2.06. The van der Waals surface area contributed by atoms with Gasteiger partial charge in [0.2, 0.25) is 5.82 Å². The fourth-order valence-electron chi connectivity index (χ4n) is 3.21. The van der Waals surface area contributed by atoms with Crippen LogP contribution in [0.25, 0.3) is 22.6 Å². The molecule has 0 radical (unpaired) electrons. The van der Waals surface area contributed by atoms with Crippen molar-refractivity contribution in [3.63, 3.8) is 0 Å². The van der Waals surface area contributed by atoms with E-state index >= 15 is 0 Å². The third kappa shape index (κ3) is 5.79. The normalized spacial score (nSPS) is 10.9. The number of Topliss-reactive ketones (excluding diaryl/α,β-unsaturated/α-hetero) is 1. The number of anilines is 2. The van der Waals surface area contributed by atoms with Crippen LogP contribution in [0.4, 0.5) is 11.5 Å². The number of fused-ring (bicyclic) bond motifs is 1. The molecule has 0 unspecified atom stereocenters. The van der Waals surface area contributed by atoms with Gasteiger partial charge in [-0.05, 0) is 46.7 Å². The van der Waals surface area contributed by atoms with Crippen LogP contribution in [0, 0.1) is 11.3 Å². The SMILES string of the molecule is N#CCCNc1nonc1-c1nc2ccccc2n1CC(=O)c1ccc(NS(=O)(=O)O)cc1.[H-].[Na+]. The number of rotatable bonds is 9. The topological polar surface area (TPSA) is 176 Å². The fraction of sp³-hybridized carbons (Fsp3) is 0.150. The third-order valence-corrected chi connectivity index (χ3v) is 5.13. The fourth-order valence-corrected chi connectivity index (χ4v) is 3.65. The molecule has 0 bridgehead atoms. The number of carbonyl (C=O) groups excluding carboxylic acids is 1. The molecule has 2 heterocycles. The van der Waals surface area contributed by atoms with Gasteiger partial charge in [0.1, 0.15) is 0 Å². The summed E-state index contributed by atoms with van der Waals surface area (Å²) >= 11 is 0. The van der Waals surface area contributed by atoms with E-state index in [0.29, 0.717) is 40.5 Å². The molecule has 3 N–H and O–H groups in total. The molecule has 0 spiro atoms. The summed E-state index contributed by atoms with van der Waals surface area (Å²) < 4.78 is 39.2. The molecule has 2 aromatic carbocycles. The standard InChI is InChI=1S/C20H17N7O5S.Na.H/c21-10-3-11-22-19-18(24-32-25-19)20-23-15-4-1-2-5-16(15)27(20)12-17(28)13-6-8-14(9-7-13)26-33(29,30)31;;/h1-2,4-9,26H,3,11-12H2,(H,22,25)(H,29,30,31);;/q;+1;-1. The number of nitrogens with one attached hydrogen (secondary N) is 2. The number of hydrogen-bond donors (Lipinski definition) is 3. The van der Waals surface area contributed by atoms with Gasteiger partial charge >= 0.3 is 39.9 Å². The Morgan fingerprint density at radius 3 is 2.62 bits per heavy atom. The van der Waals surface area contributed by atoms with E-state index in [9.17, 15) is 13.2 Å². The molecule has 4 rings (SSSR count). The maximum Gasteiger partial charge on any atom is 1.00 e. The average Bonchev–Trinajstić information content (AvgIpc) is 3.38. The van der Waals surface area contributed by atoms with Crippen LogP contribution in [0.1, 0.15) is 18.2 Å². The molecule has 0 aliphatic heterocycles. The molecule has 34 heavy (non-hydrogen) atoms. The number of aromatic nitrogens is 4. The van der Waals surface area contributed by atoms with Crippen LogP contribution >= 0.6 is 0 Å². The number of para-hydroxylation sites is 2. The molecule has 170 valence electrons. The van der Waals surface area contributed by atoms with E-state index in [0.717, 1.165) is 0 Å². The minimum atomic E-state index is -4.41. The summed E-state index contributed by atoms with van der Waals surface area (Å²) in [5, 5.41) is 19.5. The Kier molecular flexibility index (Phi) is 8.02. The van der Waals surface area contributed by atoms with Gasteiger partial charge in [0, 0.05) is 12.1 Å². The minimum absolute atomic E-state index is 0. The Balaban J connectivity index is 0.00000216. The van der Waals surface area contributed by atoms with Gasteiger partial charge in [-0.25, -0.2) is 9.61 Å². The van der Waals surface area contributed by atoms with Gasteiger partial charge in [0.05, 0.1) is 35.8 Å². The quantitative estimate of drug-likeness (QED) is 0.121. The zero-order valence-electron chi connectivity index (χ0n) is 19.0. The van der Waals surface area contributed by atoms with Crippen LogP contribution in [-0.4, -0.2) is 45.2 Å². The smallest absolute Gasteiger partial charge is 1.00 e. The van der Waals surface area contributed by atoms with Crippen molar-refractivity contribution in [1.82, 2.24) is 19.9 Å². The third-order valence-electron chi connectivity index (χ3n) is 4.64. The number of ketones is 1. The van der Waals surface area contributed by atoms with Crippen LogP contribution in [-0.2, 0) is 16.8 Å². The molecule has 2 aromatic heterocycles. The second-order valence-corrected chi connectivity index (χ2v) is 8.04. The summed E-state index contributed by atoms with van der Waals surface area (Å²) in [6, 6.07) is 14.9.